The maximum absolute atomic E-state index is 11.5. The van der Waals surface area contributed by atoms with Crippen molar-refractivity contribution in [2.75, 3.05) is 13.7 Å². The van der Waals surface area contributed by atoms with Crippen LogP contribution in [0.15, 0.2) is 0 Å². The summed E-state index contributed by atoms with van der Waals surface area (Å²) in [7, 11) is 1.40. The number of rotatable bonds is 6. The molecular formula is C14H27NO4. The van der Waals surface area contributed by atoms with Gasteiger partial charge in [-0.05, 0) is 39.5 Å². The summed E-state index contributed by atoms with van der Waals surface area (Å²) < 4.78 is 9.89. The van der Waals surface area contributed by atoms with Crippen LogP contribution in [0.25, 0.3) is 0 Å². The van der Waals surface area contributed by atoms with Crippen molar-refractivity contribution in [1.29, 1.82) is 0 Å². The van der Waals surface area contributed by atoms with Gasteiger partial charge in [0.05, 0.1) is 13.0 Å². The van der Waals surface area contributed by atoms with Gasteiger partial charge in [-0.1, -0.05) is 13.8 Å². The van der Waals surface area contributed by atoms with Crippen molar-refractivity contribution < 1.29 is 19.1 Å². The Kier molecular flexibility index (Phi) is 7.49. The Labute approximate surface area is 116 Å². The van der Waals surface area contributed by atoms with Gasteiger partial charge in [0, 0.05) is 6.54 Å². The molecule has 0 rings (SSSR count). The number of alkyl carbamates (subject to hydrolysis) is 1. The first-order valence-electron chi connectivity index (χ1n) is 6.72. The van der Waals surface area contributed by atoms with Crippen LogP contribution in [-0.4, -0.2) is 31.3 Å². The molecular weight excluding hydrogens is 246 g/mol. The van der Waals surface area contributed by atoms with Crippen LogP contribution in [0.2, 0.25) is 0 Å². The van der Waals surface area contributed by atoms with Gasteiger partial charge in [0.2, 0.25) is 0 Å². The molecule has 1 atom stereocenters. The molecule has 19 heavy (non-hydrogen) atoms. The van der Waals surface area contributed by atoms with Crippen molar-refractivity contribution in [2.24, 2.45) is 11.8 Å². The number of amides is 1. The van der Waals surface area contributed by atoms with E-state index < -0.39 is 11.7 Å². The molecule has 112 valence electrons. The summed E-state index contributed by atoms with van der Waals surface area (Å²) >= 11 is 0. The molecule has 0 bridgehead atoms. The second-order valence-corrected chi connectivity index (χ2v) is 5.94. The zero-order valence-electron chi connectivity index (χ0n) is 12.9. The molecule has 0 spiro atoms. The molecule has 0 fully saturated rings. The molecule has 0 saturated carbocycles. The molecule has 0 aliphatic carbocycles. The lowest BCUT2D eigenvalue weighted by Crippen LogP contribution is -2.33. The maximum atomic E-state index is 11.5. The van der Waals surface area contributed by atoms with Gasteiger partial charge in [-0.25, -0.2) is 4.79 Å². The van der Waals surface area contributed by atoms with Gasteiger partial charge in [-0.2, -0.15) is 0 Å². The average Bonchev–Trinajstić information content (AvgIpc) is 2.25. The quantitative estimate of drug-likeness (QED) is 0.597. The Hall–Kier alpha value is -1.26. The number of hydrogen-bond donors (Lipinski definition) is 1. The lowest BCUT2D eigenvalue weighted by Gasteiger charge is -2.20. The highest BCUT2D eigenvalue weighted by Gasteiger charge is 2.22. The van der Waals surface area contributed by atoms with Gasteiger partial charge in [-0.3, -0.25) is 4.79 Å². The van der Waals surface area contributed by atoms with Crippen LogP contribution in [0, 0.1) is 11.8 Å². The molecule has 0 saturated heterocycles. The zero-order chi connectivity index (χ0) is 15.1. The van der Waals surface area contributed by atoms with Crippen molar-refractivity contribution in [1.82, 2.24) is 5.32 Å². The van der Waals surface area contributed by atoms with Crippen LogP contribution in [0.3, 0.4) is 0 Å². The van der Waals surface area contributed by atoms with Crippen molar-refractivity contribution >= 4 is 12.1 Å². The monoisotopic (exact) mass is 273 g/mol. The van der Waals surface area contributed by atoms with Crippen LogP contribution >= 0.6 is 0 Å². The Bertz CT molecular complexity index is 294. The second-order valence-electron chi connectivity index (χ2n) is 5.94. The van der Waals surface area contributed by atoms with Gasteiger partial charge < -0.3 is 14.8 Å². The highest BCUT2D eigenvalue weighted by molar-refractivity contribution is 5.72. The summed E-state index contributed by atoms with van der Waals surface area (Å²) in [5, 5.41) is 2.68. The Morgan fingerprint density at radius 1 is 1.21 bits per heavy atom. The molecule has 5 heteroatoms. The topological polar surface area (TPSA) is 64.6 Å². The Balaban J connectivity index is 3.95. The number of methoxy groups -OCH3 is 1. The molecule has 1 amide bonds. The van der Waals surface area contributed by atoms with Crippen LogP contribution in [-0.2, 0) is 14.3 Å². The molecule has 0 aliphatic rings. The molecule has 0 radical (unpaired) electrons. The first kappa shape index (κ1) is 17.7. The molecule has 0 aliphatic heterocycles. The standard InChI is InChI=1S/C14H27NO4/c1-10(2)11(12(16)18-6)8-7-9-15-13(17)19-14(3,4)5/h10-11H,7-9H2,1-6H3,(H,15,17). The third-order valence-corrected chi connectivity index (χ3v) is 2.67. The molecule has 0 aromatic carbocycles. The van der Waals surface area contributed by atoms with E-state index in [1.165, 1.54) is 7.11 Å². The number of carbonyl (C=O) groups is 2. The SMILES string of the molecule is COC(=O)C(CCCNC(=O)OC(C)(C)C)C(C)C. The summed E-state index contributed by atoms with van der Waals surface area (Å²) in [6, 6.07) is 0. The van der Waals surface area contributed by atoms with Crippen LogP contribution < -0.4 is 5.32 Å². The zero-order valence-corrected chi connectivity index (χ0v) is 12.9. The predicted molar refractivity (Wildman–Crippen MR) is 73.8 cm³/mol. The molecule has 0 heterocycles. The largest absolute Gasteiger partial charge is 0.469 e. The summed E-state index contributed by atoms with van der Waals surface area (Å²) in [5.74, 6) is -0.0771. The summed E-state index contributed by atoms with van der Waals surface area (Å²) in [6.07, 6.45) is 0.990. The van der Waals surface area contributed by atoms with E-state index in [0.29, 0.717) is 13.0 Å². The highest BCUT2D eigenvalue weighted by atomic mass is 16.6. The van der Waals surface area contributed by atoms with Gasteiger partial charge in [-0.15, -0.1) is 0 Å². The molecule has 0 aromatic heterocycles. The van der Waals surface area contributed by atoms with Gasteiger partial charge >= 0.3 is 12.1 Å². The summed E-state index contributed by atoms with van der Waals surface area (Å²) in [6.45, 7) is 9.93. The van der Waals surface area contributed by atoms with Gasteiger partial charge in [0.1, 0.15) is 5.60 Å². The third kappa shape index (κ3) is 8.46. The van der Waals surface area contributed by atoms with E-state index in [4.69, 9.17) is 9.47 Å². The smallest absolute Gasteiger partial charge is 0.407 e. The first-order chi connectivity index (χ1) is 8.67. The molecule has 1 N–H and O–H groups in total. The van der Waals surface area contributed by atoms with Crippen molar-refractivity contribution in [3.05, 3.63) is 0 Å². The van der Waals surface area contributed by atoms with Gasteiger partial charge in [0.25, 0.3) is 0 Å². The van der Waals surface area contributed by atoms with Crippen molar-refractivity contribution in [3.63, 3.8) is 0 Å². The Morgan fingerprint density at radius 3 is 2.21 bits per heavy atom. The summed E-state index contributed by atoms with van der Waals surface area (Å²) in [5.41, 5.74) is -0.490. The number of hydrogen-bond acceptors (Lipinski definition) is 4. The number of esters is 1. The Morgan fingerprint density at radius 2 is 1.79 bits per heavy atom. The van der Waals surface area contributed by atoms with E-state index in [9.17, 15) is 9.59 Å². The normalized spacial score (nSPS) is 13.0. The summed E-state index contributed by atoms with van der Waals surface area (Å²) in [4.78, 5) is 22.9. The van der Waals surface area contributed by atoms with E-state index in [2.05, 4.69) is 5.32 Å². The average molecular weight is 273 g/mol. The minimum atomic E-state index is -0.490. The molecule has 1 unspecified atom stereocenters. The molecule has 5 nitrogen and oxygen atoms in total. The number of ether oxygens (including phenoxy) is 2. The third-order valence-electron chi connectivity index (χ3n) is 2.67. The van der Waals surface area contributed by atoms with E-state index in [1.807, 2.05) is 34.6 Å². The number of carbonyl (C=O) groups excluding carboxylic acids is 2. The van der Waals surface area contributed by atoms with E-state index in [-0.39, 0.29) is 17.8 Å². The minimum absolute atomic E-state index is 0.120. The van der Waals surface area contributed by atoms with Crippen molar-refractivity contribution in [2.45, 2.75) is 53.1 Å². The van der Waals surface area contributed by atoms with Gasteiger partial charge in [0.15, 0.2) is 0 Å². The van der Waals surface area contributed by atoms with E-state index in [0.717, 1.165) is 6.42 Å². The number of nitrogens with one attached hydrogen (secondary N) is 1. The van der Waals surface area contributed by atoms with Crippen molar-refractivity contribution in [3.8, 4) is 0 Å². The maximum Gasteiger partial charge on any atom is 0.407 e. The fraction of sp³-hybridized carbons (Fsp3) is 0.857. The highest BCUT2D eigenvalue weighted by Crippen LogP contribution is 2.18. The van der Waals surface area contributed by atoms with Crippen LogP contribution in [0.4, 0.5) is 4.79 Å². The van der Waals surface area contributed by atoms with E-state index in [1.54, 1.807) is 0 Å². The lowest BCUT2D eigenvalue weighted by atomic mass is 9.91. The first-order valence-corrected chi connectivity index (χ1v) is 6.72. The fourth-order valence-electron chi connectivity index (χ4n) is 1.70. The predicted octanol–water partition coefficient (Wildman–Crippen LogP) is 2.74. The minimum Gasteiger partial charge on any atom is -0.469 e. The second kappa shape index (κ2) is 8.02. The van der Waals surface area contributed by atoms with Crippen LogP contribution in [0.1, 0.15) is 47.5 Å². The molecule has 0 aromatic rings. The van der Waals surface area contributed by atoms with Crippen LogP contribution in [0.5, 0.6) is 0 Å². The lowest BCUT2D eigenvalue weighted by molar-refractivity contribution is -0.147. The van der Waals surface area contributed by atoms with E-state index >= 15 is 0 Å². The fourth-order valence-corrected chi connectivity index (χ4v) is 1.70.